The molecular formula is C11H16N4O6. The summed E-state index contributed by atoms with van der Waals surface area (Å²) in [5.41, 5.74) is 1.02. The van der Waals surface area contributed by atoms with Crippen molar-refractivity contribution < 1.29 is 19.4 Å². The van der Waals surface area contributed by atoms with Gasteiger partial charge in [0.15, 0.2) is 0 Å². The quantitative estimate of drug-likeness (QED) is 0.289. The number of aryl methyl sites for hydroxylation is 1. The number of hydrazine groups is 1. The normalized spacial score (nSPS) is 24.8. The second-order valence-corrected chi connectivity index (χ2v) is 4.61. The summed E-state index contributed by atoms with van der Waals surface area (Å²) >= 11 is 0. The number of carbonyl (C=O) groups is 1. The molecule has 0 bridgehead atoms. The van der Waals surface area contributed by atoms with Crippen molar-refractivity contribution in [2.24, 2.45) is 5.84 Å². The van der Waals surface area contributed by atoms with Crippen LogP contribution in [-0.4, -0.2) is 39.6 Å². The number of aromatic nitrogens is 2. The highest BCUT2D eigenvalue weighted by Crippen LogP contribution is 2.29. The molecule has 0 radical (unpaired) electrons. The van der Waals surface area contributed by atoms with Gasteiger partial charge in [-0.1, -0.05) is 0 Å². The average Bonchev–Trinajstić information content (AvgIpc) is 2.85. The molecule has 0 aromatic carbocycles. The molecule has 1 amide bonds. The third kappa shape index (κ3) is 3.12. The number of nitrogens with one attached hydrogen (secondary N) is 2. The largest absolute Gasteiger partial charge is 0.442 e. The van der Waals surface area contributed by atoms with Gasteiger partial charge in [-0.05, 0) is 6.92 Å². The highest BCUT2D eigenvalue weighted by atomic mass is 16.6. The lowest BCUT2D eigenvalue weighted by Crippen LogP contribution is -2.37. The zero-order valence-corrected chi connectivity index (χ0v) is 11.2. The summed E-state index contributed by atoms with van der Waals surface area (Å²) in [5.74, 6) is 4.92. The third-order valence-electron chi connectivity index (χ3n) is 3.19. The summed E-state index contributed by atoms with van der Waals surface area (Å²) in [5, 5.41) is 9.24. The van der Waals surface area contributed by atoms with E-state index in [0.717, 1.165) is 0 Å². The Bertz CT molecular complexity index is 638. The van der Waals surface area contributed by atoms with Crippen molar-refractivity contribution in [3.8, 4) is 0 Å². The van der Waals surface area contributed by atoms with E-state index in [0.29, 0.717) is 5.56 Å². The third-order valence-corrected chi connectivity index (χ3v) is 3.19. The van der Waals surface area contributed by atoms with Crippen molar-refractivity contribution in [2.45, 2.75) is 31.8 Å². The SMILES string of the molecule is Cc1cn([C@H]2C[C@H](OC(=O)NN)[C@@H](CO)O2)c(=O)[nH]c1=O. The van der Waals surface area contributed by atoms with Crippen molar-refractivity contribution in [3.63, 3.8) is 0 Å². The van der Waals surface area contributed by atoms with Gasteiger partial charge in [0.1, 0.15) is 18.4 Å². The monoisotopic (exact) mass is 300 g/mol. The van der Waals surface area contributed by atoms with Crippen molar-refractivity contribution in [2.75, 3.05) is 6.61 Å². The lowest BCUT2D eigenvalue weighted by Gasteiger charge is -2.15. The van der Waals surface area contributed by atoms with E-state index < -0.39 is 42.4 Å². The van der Waals surface area contributed by atoms with Gasteiger partial charge in [0.05, 0.1) is 6.61 Å². The molecule has 5 N–H and O–H groups in total. The van der Waals surface area contributed by atoms with E-state index in [1.165, 1.54) is 10.8 Å². The van der Waals surface area contributed by atoms with Crippen LogP contribution in [0.5, 0.6) is 0 Å². The number of aromatic amines is 1. The van der Waals surface area contributed by atoms with E-state index in [-0.39, 0.29) is 6.42 Å². The summed E-state index contributed by atoms with van der Waals surface area (Å²) in [4.78, 5) is 36.4. The number of hydrogen-bond donors (Lipinski definition) is 4. The Labute approximate surface area is 118 Å². The average molecular weight is 300 g/mol. The molecule has 1 aliphatic rings. The van der Waals surface area contributed by atoms with Crippen LogP contribution in [0, 0.1) is 6.92 Å². The standard InChI is InChI=1S/C11H16N4O6/c1-5-3-15(10(18)13-9(5)17)8-2-6(7(4-16)20-8)21-11(19)14-12/h3,6-8,16H,2,4,12H2,1H3,(H,14,19)(H,13,17,18)/t6-,7+,8+/m0/s1. The highest BCUT2D eigenvalue weighted by Gasteiger charge is 2.39. The van der Waals surface area contributed by atoms with Crippen LogP contribution in [0.25, 0.3) is 0 Å². The molecule has 10 heteroatoms. The van der Waals surface area contributed by atoms with Crippen LogP contribution >= 0.6 is 0 Å². The molecule has 2 heterocycles. The van der Waals surface area contributed by atoms with Crippen LogP contribution in [0.2, 0.25) is 0 Å². The number of carbonyl (C=O) groups excluding carboxylic acids is 1. The Morgan fingerprint density at radius 1 is 1.67 bits per heavy atom. The first kappa shape index (κ1) is 15.2. The number of hydrogen-bond acceptors (Lipinski definition) is 7. The van der Waals surface area contributed by atoms with Crippen LogP contribution in [0.3, 0.4) is 0 Å². The Morgan fingerprint density at radius 2 is 2.38 bits per heavy atom. The number of amides is 1. The van der Waals surface area contributed by atoms with E-state index in [1.807, 2.05) is 0 Å². The van der Waals surface area contributed by atoms with Gasteiger partial charge < -0.3 is 14.6 Å². The van der Waals surface area contributed by atoms with Crippen molar-refractivity contribution >= 4 is 6.09 Å². The summed E-state index contributed by atoms with van der Waals surface area (Å²) in [7, 11) is 0. The molecular weight excluding hydrogens is 284 g/mol. The van der Waals surface area contributed by atoms with Crippen molar-refractivity contribution in [1.82, 2.24) is 15.0 Å². The Balaban J connectivity index is 2.23. The molecule has 1 fully saturated rings. The number of aliphatic hydroxyl groups is 1. The maximum atomic E-state index is 11.8. The van der Waals surface area contributed by atoms with Crippen molar-refractivity contribution in [3.05, 3.63) is 32.6 Å². The number of aliphatic hydroxyl groups excluding tert-OH is 1. The summed E-state index contributed by atoms with van der Waals surface area (Å²) in [6, 6.07) is 0. The van der Waals surface area contributed by atoms with Gasteiger partial charge in [-0.15, -0.1) is 0 Å². The zero-order chi connectivity index (χ0) is 15.6. The van der Waals surface area contributed by atoms with Crippen LogP contribution in [0.15, 0.2) is 15.8 Å². The van der Waals surface area contributed by atoms with Crippen LogP contribution in [-0.2, 0) is 9.47 Å². The van der Waals surface area contributed by atoms with E-state index in [9.17, 15) is 19.5 Å². The summed E-state index contributed by atoms with van der Waals surface area (Å²) < 4.78 is 11.6. The molecule has 3 atom stereocenters. The maximum absolute atomic E-state index is 11.8. The predicted octanol–water partition coefficient (Wildman–Crippen LogP) is -1.91. The maximum Gasteiger partial charge on any atom is 0.421 e. The molecule has 0 spiro atoms. The number of H-pyrrole nitrogens is 1. The molecule has 0 unspecified atom stereocenters. The summed E-state index contributed by atoms with van der Waals surface area (Å²) in [6.45, 7) is 1.15. The first-order chi connectivity index (χ1) is 9.96. The molecule has 0 aliphatic carbocycles. The fourth-order valence-electron chi connectivity index (χ4n) is 2.13. The topological polar surface area (TPSA) is 149 Å². The van der Waals surface area contributed by atoms with Gasteiger partial charge in [0.25, 0.3) is 5.56 Å². The Hall–Kier alpha value is -2.17. The number of nitrogens with two attached hydrogens (primary N) is 1. The minimum absolute atomic E-state index is 0.143. The lowest BCUT2D eigenvalue weighted by molar-refractivity contribution is -0.0484. The van der Waals surface area contributed by atoms with Gasteiger partial charge in [-0.3, -0.25) is 19.8 Å². The van der Waals surface area contributed by atoms with Gasteiger partial charge in [0.2, 0.25) is 0 Å². The molecule has 10 nitrogen and oxygen atoms in total. The molecule has 1 saturated heterocycles. The first-order valence-electron chi connectivity index (χ1n) is 6.22. The molecule has 21 heavy (non-hydrogen) atoms. The lowest BCUT2D eigenvalue weighted by atomic mass is 10.2. The van der Waals surface area contributed by atoms with Gasteiger partial charge >= 0.3 is 11.8 Å². The second-order valence-electron chi connectivity index (χ2n) is 4.61. The fraction of sp³-hybridized carbons (Fsp3) is 0.545. The van der Waals surface area contributed by atoms with E-state index in [1.54, 1.807) is 12.3 Å². The van der Waals surface area contributed by atoms with Crippen LogP contribution < -0.4 is 22.5 Å². The van der Waals surface area contributed by atoms with Crippen LogP contribution in [0.4, 0.5) is 4.79 Å². The Morgan fingerprint density at radius 3 is 3.00 bits per heavy atom. The molecule has 116 valence electrons. The second kappa shape index (κ2) is 6.08. The fourth-order valence-corrected chi connectivity index (χ4v) is 2.13. The predicted molar refractivity (Wildman–Crippen MR) is 69.3 cm³/mol. The number of ether oxygens (including phenoxy) is 2. The minimum Gasteiger partial charge on any atom is -0.442 e. The molecule has 1 aromatic heterocycles. The number of rotatable bonds is 3. The minimum atomic E-state index is -0.868. The first-order valence-corrected chi connectivity index (χ1v) is 6.22. The smallest absolute Gasteiger partial charge is 0.421 e. The van der Waals surface area contributed by atoms with E-state index >= 15 is 0 Å². The molecule has 1 aromatic rings. The van der Waals surface area contributed by atoms with E-state index in [2.05, 4.69) is 4.98 Å². The van der Waals surface area contributed by atoms with Gasteiger partial charge in [0, 0.05) is 18.2 Å². The number of nitrogens with zero attached hydrogens (tertiary/aromatic N) is 1. The molecule has 1 aliphatic heterocycles. The molecule has 0 saturated carbocycles. The van der Waals surface area contributed by atoms with Gasteiger partial charge in [-0.25, -0.2) is 15.4 Å². The Kier molecular flexibility index (Phi) is 4.40. The highest BCUT2D eigenvalue weighted by molar-refractivity contribution is 5.66. The van der Waals surface area contributed by atoms with Crippen molar-refractivity contribution in [1.29, 1.82) is 0 Å². The van der Waals surface area contributed by atoms with Crippen LogP contribution in [0.1, 0.15) is 18.2 Å². The van der Waals surface area contributed by atoms with Gasteiger partial charge in [-0.2, -0.15) is 0 Å². The molecule has 2 rings (SSSR count). The van der Waals surface area contributed by atoms with E-state index in [4.69, 9.17) is 15.3 Å². The summed E-state index contributed by atoms with van der Waals surface area (Å²) in [6.07, 6.45) is -1.68. The zero-order valence-electron chi connectivity index (χ0n) is 11.2.